The molecule has 1 N–H and O–H groups in total. The van der Waals surface area contributed by atoms with Gasteiger partial charge in [-0.3, -0.25) is 9.79 Å². The lowest BCUT2D eigenvalue weighted by atomic mass is 10.3. The molecule has 6 heteroatoms. The molecule has 0 amide bonds. The maximum absolute atomic E-state index is 11.4. The summed E-state index contributed by atoms with van der Waals surface area (Å²) in [4.78, 5) is 15.8. The molecule has 1 saturated heterocycles. The van der Waals surface area contributed by atoms with E-state index in [2.05, 4.69) is 10.3 Å². The van der Waals surface area contributed by atoms with Crippen LogP contribution in [0, 0.1) is 0 Å². The molecule has 1 aromatic carbocycles. The number of anilines is 1. The number of ether oxygens (including phenoxy) is 1. The third-order valence-corrected chi connectivity index (χ3v) is 3.64. The Kier molecular flexibility index (Phi) is 6.94. The van der Waals surface area contributed by atoms with Crippen molar-refractivity contribution in [2.75, 3.05) is 18.5 Å². The van der Waals surface area contributed by atoms with E-state index in [4.69, 9.17) is 4.74 Å². The summed E-state index contributed by atoms with van der Waals surface area (Å²) in [7, 11) is 0. The number of thioether (sulfide) groups is 1. The monoisotopic (exact) mass is 344 g/mol. The fourth-order valence-electron chi connectivity index (χ4n) is 1.61. The molecular weight excluding hydrogens is 328 g/mol. The summed E-state index contributed by atoms with van der Waals surface area (Å²) in [6.45, 7) is 3.17. The summed E-state index contributed by atoms with van der Waals surface area (Å²) >= 11 is 1.44. The van der Waals surface area contributed by atoms with Crippen molar-refractivity contribution in [2.45, 2.75) is 18.6 Å². The highest BCUT2D eigenvalue weighted by Crippen LogP contribution is 2.24. The van der Waals surface area contributed by atoms with E-state index in [1.165, 1.54) is 11.8 Å². The molecule has 104 valence electrons. The van der Waals surface area contributed by atoms with Crippen LogP contribution in [0.15, 0.2) is 35.3 Å². The van der Waals surface area contributed by atoms with Gasteiger partial charge in [-0.1, -0.05) is 30.0 Å². The van der Waals surface area contributed by atoms with E-state index in [9.17, 15) is 4.79 Å². The molecule has 19 heavy (non-hydrogen) atoms. The molecule has 2 rings (SSSR count). The second-order valence-electron chi connectivity index (χ2n) is 3.83. The van der Waals surface area contributed by atoms with E-state index in [0.29, 0.717) is 13.2 Å². The van der Waals surface area contributed by atoms with Gasteiger partial charge in [-0.15, -0.1) is 17.0 Å². The first-order valence-corrected chi connectivity index (χ1v) is 6.87. The number of amidine groups is 1. The van der Waals surface area contributed by atoms with Gasteiger partial charge < -0.3 is 10.1 Å². The summed E-state index contributed by atoms with van der Waals surface area (Å²) < 4.78 is 4.95. The number of rotatable bonds is 3. The number of hydrogen-bond donors (Lipinski definition) is 1. The summed E-state index contributed by atoms with van der Waals surface area (Å²) in [6.07, 6.45) is 0.753. The van der Waals surface area contributed by atoms with Gasteiger partial charge in [-0.25, -0.2) is 0 Å². The van der Waals surface area contributed by atoms with Crippen LogP contribution in [-0.2, 0) is 9.53 Å². The number of esters is 1. The van der Waals surface area contributed by atoms with Crippen LogP contribution in [0.3, 0.4) is 0 Å². The zero-order valence-corrected chi connectivity index (χ0v) is 13.2. The normalized spacial score (nSPS) is 18.7. The lowest BCUT2D eigenvalue weighted by Crippen LogP contribution is -2.17. The Bertz CT molecular complexity index is 440. The first-order valence-electron chi connectivity index (χ1n) is 5.99. The van der Waals surface area contributed by atoms with Gasteiger partial charge in [0.2, 0.25) is 0 Å². The minimum absolute atomic E-state index is 0. The van der Waals surface area contributed by atoms with Gasteiger partial charge in [0.15, 0.2) is 5.17 Å². The number of carbonyl (C=O) groups is 1. The largest absolute Gasteiger partial charge is 0.465 e. The number of carbonyl (C=O) groups excluding carboxylic acids is 1. The fraction of sp³-hybridized carbons (Fsp3) is 0.385. The minimum Gasteiger partial charge on any atom is -0.465 e. The van der Waals surface area contributed by atoms with E-state index < -0.39 is 0 Å². The zero-order valence-electron chi connectivity index (χ0n) is 10.7. The number of hydrogen-bond acceptors (Lipinski definition) is 4. The number of nitrogens with one attached hydrogen (secondary N) is 1. The highest BCUT2D eigenvalue weighted by atomic mass is 79.9. The smallest absolute Gasteiger partial charge is 0.319 e. The first kappa shape index (κ1) is 16.0. The Morgan fingerprint density at radius 1 is 1.47 bits per heavy atom. The Balaban J connectivity index is 0.00000180. The van der Waals surface area contributed by atoms with Crippen LogP contribution < -0.4 is 5.32 Å². The van der Waals surface area contributed by atoms with E-state index in [1.807, 2.05) is 37.3 Å². The maximum Gasteiger partial charge on any atom is 0.319 e. The Labute approximate surface area is 127 Å². The molecule has 0 spiro atoms. The SMILES string of the molecule is Br.CCN=C(Nc1ccccc1)SC1CCOC1=O. The standard InChI is InChI=1S/C13H16N2O2S.BrH/c1-2-14-13(15-10-6-4-3-5-7-10)18-11-8-9-17-12(11)16;/h3-7,11H,2,8-9H2,1H3,(H,14,15);1H. The van der Waals surface area contributed by atoms with Crippen LogP contribution in [0.5, 0.6) is 0 Å². The summed E-state index contributed by atoms with van der Waals surface area (Å²) in [5, 5.41) is 3.87. The highest BCUT2D eigenvalue weighted by Gasteiger charge is 2.28. The van der Waals surface area contributed by atoms with Crippen LogP contribution >= 0.6 is 28.7 Å². The maximum atomic E-state index is 11.4. The van der Waals surface area contributed by atoms with E-state index in [1.54, 1.807) is 0 Å². The van der Waals surface area contributed by atoms with Crippen LogP contribution in [-0.4, -0.2) is 29.5 Å². The molecule has 1 unspecified atom stereocenters. The molecule has 0 radical (unpaired) electrons. The van der Waals surface area contributed by atoms with Gasteiger partial charge in [0.25, 0.3) is 0 Å². The lowest BCUT2D eigenvalue weighted by Gasteiger charge is -2.11. The molecule has 1 aromatic rings. The van der Waals surface area contributed by atoms with Crippen molar-refractivity contribution in [3.63, 3.8) is 0 Å². The molecule has 1 heterocycles. The third-order valence-electron chi connectivity index (χ3n) is 2.47. The Hall–Kier alpha value is -1.01. The van der Waals surface area contributed by atoms with Crippen molar-refractivity contribution in [3.05, 3.63) is 30.3 Å². The molecule has 1 aliphatic heterocycles. The van der Waals surface area contributed by atoms with Crippen LogP contribution in [0.25, 0.3) is 0 Å². The number of nitrogens with zero attached hydrogens (tertiary/aromatic N) is 1. The summed E-state index contributed by atoms with van der Waals surface area (Å²) in [6, 6.07) is 9.82. The number of benzene rings is 1. The van der Waals surface area contributed by atoms with Crippen LogP contribution in [0.2, 0.25) is 0 Å². The van der Waals surface area contributed by atoms with Crippen LogP contribution in [0.4, 0.5) is 5.69 Å². The van der Waals surface area contributed by atoms with Crippen molar-refractivity contribution in [1.82, 2.24) is 0 Å². The number of cyclic esters (lactones) is 1. The van der Waals surface area contributed by atoms with Crippen molar-refractivity contribution < 1.29 is 9.53 Å². The average Bonchev–Trinajstić information content (AvgIpc) is 2.77. The first-order chi connectivity index (χ1) is 8.79. The van der Waals surface area contributed by atoms with Gasteiger partial charge in [-0.2, -0.15) is 0 Å². The highest BCUT2D eigenvalue weighted by molar-refractivity contribution is 8.93. The average molecular weight is 345 g/mol. The molecule has 1 atom stereocenters. The quantitative estimate of drug-likeness (QED) is 0.520. The van der Waals surface area contributed by atoms with Crippen LogP contribution in [0.1, 0.15) is 13.3 Å². The number of halogens is 1. The number of para-hydroxylation sites is 1. The molecule has 0 bridgehead atoms. The third kappa shape index (κ3) is 4.87. The van der Waals surface area contributed by atoms with Gasteiger partial charge in [-0.05, 0) is 19.1 Å². The molecule has 4 nitrogen and oxygen atoms in total. The summed E-state index contributed by atoms with van der Waals surface area (Å²) in [5.41, 5.74) is 0.976. The molecule has 0 aromatic heterocycles. The van der Waals surface area contributed by atoms with Crippen molar-refractivity contribution in [2.24, 2.45) is 4.99 Å². The van der Waals surface area contributed by atoms with E-state index in [-0.39, 0.29) is 28.2 Å². The van der Waals surface area contributed by atoms with Gasteiger partial charge in [0, 0.05) is 18.7 Å². The Morgan fingerprint density at radius 2 is 2.21 bits per heavy atom. The second-order valence-corrected chi connectivity index (χ2v) is 5.02. The van der Waals surface area contributed by atoms with E-state index >= 15 is 0 Å². The molecule has 0 aliphatic carbocycles. The predicted molar refractivity (Wildman–Crippen MR) is 85.3 cm³/mol. The lowest BCUT2D eigenvalue weighted by molar-refractivity contribution is -0.137. The minimum atomic E-state index is -0.140. The molecule has 0 saturated carbocycles. The van der Waals surface area contributed by atoms with Gasteiger partial charge >= 0.3 is 5.97 Å². The predicted octanol–water partition coefficient (Wildman–Crippen LogP) is 3.10. The zero-order chi connectivity index (χ0) is 12.8. The Morgan fingerprint density at radius 3 is 2.79 bits per heavy atom. The fourth-order valence-corrected chi connectivity index (χ4v) is 2.64. The topological polar surface area (TPSA) is 50.7 Å². The van der Waals surface area contributed by atoms with E-state index in [0.717, 1.165) is 17.3 Å². The molecule has 1 fully saturated rings. The molecular formula is C13H17BrN2O2S. The second kappa shape index (κ2) is 8.22. The summed E-state index contributed by atoms with van der Waals surface area (Å²) in [5.74, 6) is -0.140. The van der Waals surface area contributed by atoms with Gasteiger partial charge in [0.1, 0.15) is 5.25 Å². The van der Waals surface area contributed by atoms with Gasteiger partial charge in [0.05, 0.1) is 6.61 Å². The van der Waals surface area contributed by atoms with Crippen molar-refractivity contribution in [1.29, 1.82) is 0 Å². The molecule has 1 aliphatic rings. The van der Waals surface area contributed by atoms with Crippen molar-refractivity contribution >= 4 is 45.6 Å². The number of aliphatic imine (C=N–C) groups is 1. The van der Waals surface area contributed by atoms with Crippen molar-refractivity contribution in [3.8, 4) is 0 Å².